The molecule has 0 aliphatic rings. The number of nitrogens with zero attached hydrogens (tertiary/aromatic N) is 4. The lowest BCUT2D eigenvalue weighted by molar-refractivity contribution is -0.122. The summed E-state index contributed by atoms with van der Waals surface area (Å²) in [4.78, 5) is 19.1. The van der Waals surface area contributed by atoms with Gasteiger partial charge in [-0.3, -0.25) is 9.52 Å². The third-order valence-electron chi connectivity index (χ3n) is 6.37. The minimum Gasteiger partial charge on any atom is -0.494 e. The summed E-state index contributed by atoms with van der Waals surface area (Å²) < 4.78 is 48.9. The maximum Gasteiger partial charge on any atom is 0.290 e. The van der Waals surface area contributed by atoms with Gasteiger partial charge in [-0.15, -0.1) is 0 Å². The lowest BCUT2D eigenvalue weighted by atomic mass is 10.1. The number of anilines is 3. The number of sulfonamides is 1. The number of ether oxygens (including phenoxy) is 1. The molecule has 0 atom stereocenters. The highest BCUT2D eigenvalue weighted by Crippen LogP contribution is 2.27. The molecule has 11 nitrogen and oxygen atoms in total. The molecule has 0 fully saturated rings. The van der Waals surface area contributed by atoms with Crippen molar-refractivity contribution in [2.75, 3.05) is 37.8 Å². The number of aromatic nitrogens is 3. The summed E-state index contributed by atoms with van der Waals surface area (Å²) in [5.74, 6) is -0.194. The maximum absolute atomic E-state index is 14.0. The second kappa shape index (κ2) is 13.8. The number of carbonyl (C=O) groups is 1. The second-order valence-electron chi connectivity index (χ2n) is 9.58. The molecular weight excluding hydrogens is 575 g/mol. The summed E-state index contributed by atoms with van der Waals surface area (Å²) in [6, 6.07) is 20.4. The molecule has 2 aromatic heterocycles. The fourth-order valence-electron chi connectivity index (χ4n) is 4.24. The lowest BCUT2D eigenvalue weighted by Gasteiger charge is -2.12. The van der Waals surface area contributed by atoms with Gasteiger partial charge in [0.25, 0.3) is 16.5 Å². The minimum atomic E-state index is -3.98. The van der Waals surface area contributed by atoms with Crippen molar-refractivity contribution in [2.24, 2.45) is 0 Å². The van der Waals surface area contributed by atoms with Crippen LogP contribution in [0.2, 0.25) is 0 Å². The highest BCUT2D eigenvalue weighted by Gasteiger charge is 2.17. The number of halogens is 1. The van der Waals surface area contributed by atoms with Gasteiger partial charge in [-0.1, -0.05) is 6.07 Å². The highest BCUT2D eigenvalue weighted by atomic mass is 32.2. The molecule has 5 rings (SSSR count). The average molecular weight is 607 g/mol. The summed E-state index contributed by atoms with van der Waals surface area (Å²) in [5.41, 5.74) is 3.96. The van der Waals surface area contributed by atoms with Crippen LogP contribution in [0.15, 0.2) is 90.2 Å². The number of methoxy groups -OCH3 is 1. The van der Waals surface area contributed by atoms with Crippen LogP contribution in [0.5, 0.6) is 5.75 Å². The van der Waals surface area contributed by atoms with Gasteiger partial charge in [0.15, 0.2) is 11.6 Å². The Labute approximate surface area is 248 Å². The molecule has 224 valence electrons. The van der Waals surface area contributed by atoms with Crippen molar-refractivity contribution in [1.82, 2.24) is 19.4 Å². The third kappa shape index (κ3) is 7.84. The van der Waals surface area contributed by atoms with Gasteiger partial charge in [0.05, 0.1) is 17.7 Å². The molecule has 0 aliphatic heterocycles. The van der Waals surface area contributed by atoms with E-state index in [9.17, 15) is 12.8 Å². The number of hydrogen-bond acceptors (Lipinski definition) is 8. The van der Waals surface area contributed by atoms with Crippen molar-refractivity contribution in [3.05, 3.63) is 91.1 Å². The van der Waals surface area contributed by atoms with E-state index in [4.69, 9.17) is 14.6 Å². The van der Waals surface area contributed by atoms with E-state index in [1.165, 1.54) is 31.1 Å². The molecule has 0 bridgehead atoms. The first-order valence-electron chi connectivity index (χ1n) is 13.0. The summed E-state index contributed by atoms with van der Waals surface area (Å²) in [6.45, 7) is 1.62. The number of nitrogens with one attached hydrogen (secondary N) is 2. The van der Waals surface area contributed by atoms with Crippen molar-refractivity contribution >= 4 is 44.6 Å². The molecule has 3 aromatic carbocycles. The molecule has 0 amide bonds. The Kier molecular flexibility index (Phi) is 9.91. The zero-order chi connectivity index (χ0) is 31.0. The minimum absolute atomic E-state index is 0.0301. The Morgan fingerprint density at radius 2 is 1.72 bits per heavy atom. The van der Waals surface area contributed by atoms with Crippen LogP contribution in [0.3, 0.4) is 0 Å². The average Bonchev–Trinajstić information content (AvgIpc) is 3.40. The van der Waals surface area contributed by atoms with E-state index in [1.54, 1.807) is 24.3 Å². The van der Waals surface area contributed by atoms with Crippen LogP contribution in [0.25, 0.3) is 22.2 Å². The van der Waals surface area contributed by atoms with Crippen LogP contribution in [0.4, 0.5) is 21.6 Å². The maximum atomic E-state index is 14.0. The van der Waals surface area contributed by atoms with Gasteiger partial charge >= 0.3 is 0 Å². The molecule has 0 aliphatic carbocycles. The summed E-state index contributed by atoms with van der Waals surface area (Å²) in [5, 5.41) is 11.3. The fourth-order valence-corrected chi connectivity index (χ4v) is 5.31. The van der Waals surface area contributed by atoms with Gasteiger partial charge in [0.2, 0.25) is 0 Å². The molecule has 0 saturated carbocycles. The van der Waals surface area contributed by atoms with E-state index < -0.39 is 15.8 Å². The molecule has 0 radical (unpaired) electrons. The van der Waals surface area contributed by atoms with Crippen LogP contribution in [0, 0.1) is 5.82 Å². The van der Waals surface area contributed by atoms with E-state index in [1.807, 2.05) is 6.07 Å². The Bertz CT molecular complexity index is 1810. The van der Waals surface area contributed by atoms with Gasteiger partial charge in [-0.2, -0.15) is 0 Å². The second-order valence-corrected chi connectivity index (χ2v) is 11.3. The van der Waals surface area contributed by atoms with Gasteiger partial charge in [0, 0.05) is 53.2 Å². The van der Waals surface area contributed by atoms with E-state index in [-0.39, 0.29) is 17.1 Å². The van der Waals surface area contributed by atoms with Crippen LogP contribution >= 0.6 is 0 Å². The summed E-state index contributed by atoms with van der Waals surface area (Å²) in [6.07, 6.45) is 3.60. The largest absolute Gasteiger partial charge is 0.494 e. The fraction of sp³-hybridized carbons (Fsp3) is 0.167. The predicted octanol–water partition coefficient (Wildman–Crippen LogP) is 5.05. The summed E-state index contributed by atoms with van der Waals surface area (Å²) in [7, 11) is 1.46. The molecule has 0 spiro atoms. The lowest BCUT2D eigenvalue weighted by Crippen LogP contribution is -2.17. The van der Waals surface area contributed by atoms with Crippen LogP contribution in [0.1, 0.15) is 0 Å². The monoisotopic (exact) mass is 606 g/mol. The van der Waals surface area contributed by atoms with E-state index >= 15 is 0 Å². The normalized spacial score (nSPS) is 11.1. The third-order valence-corrected chi connectivity index (χ3v) is 7.74. The Hall–Kier alpha value is -5.01. The number of rotatable bonds is 10. The van der Waals surface area contributed by atoms with Crippen LogP contribution in [-0.2, 0) is 21.4 Å². The Balaban J connectivity index is 0.00000135. The van der Waals surface area contributed by atoms with E-state index in [0.717, 1.165) is 35.8 Å². The predicted molar refractivity (Wildman–Crippen MR) is 164 cm³/mol. The molecule has 0 saturated heterocycles. The number of carboxylic acid groups (broad SMARTS) is 1. The molecular formula is C30H31FN6O5S. The van der Waals surface area contributed by atoms with Crippen molar-refractivity contribution in [3.8, 4) is 17.0 Å². The molecule has 0 unspecified atom stereocenters. The smallest absolute Gasteiger partial charge is 0.290 e. The molecule has 13 heteroatoms. The van der Waals surface area contributed by atoms with Crippen molar-refractivity contribution in [2.45, 2.75) is 11.4 Å². The standard InChI is InChI=1S/C29H29FN6O3S.CH2O2/c1-35(2)14-15-36-13-12-21-16-20(4-10-27(21)36)26-18-29(32-19-31-26)33-22-5-7-23(8-6-22)34-40(37,38)24-9-11-28(39-3)25(30)17-24;2-1-3/h4-13,16-19,34H,14-15H2,1-3H3,(H,31,32,33);1H,(H,2,3). The molecule has 43 heavy (non-hydrogen) atoms. The zero-order valence-electron chi connectivity index (χ0n) is 23.7. The van der Waals surface area contributed by atoms with Crippen LogP contribution in [-0.4, -0.2) is 67.2 Å². The van der Waals surface area contributed by atoms with Gasteiger partial charge in [0.1, 0.15) is 12.1 Å². The van der Waals surface area contributed by atoms with Crippen molar-refractivity contribution in [1.29, 1.82) is 0 Å². The number of benzene rings is 3. The van der Waals surface area contributed by atoms with E-state index in [0.29, 0.717) is 17.2 Å². The van der Waals surface area contributed by atoms with Crippen LogP contribution < -0.4 is 14.8 Å². The first-order chi connectivity index (χ1) is 20.6. The first kappa shape index (κ1) is 30.9. The Morgan fingerprint density at radius 3 is 2.40 bits per heavy atom. The first-order valence-corrected chi connectivity index (χ1v) is 14.5. The summed E-state index contributed by atoms with van der Waals surface area (Å²) >= 11 is 0. The van der Waals surface area contributed by atoms with Crippen molar-refractivity contribution < 1.29 is 27.4 Å². The van der Waals surface area contributed by atoms with Gasteiger partial charge < -0.3 is 24.6 Å². The zero-order valence-corrected chi connectivity index (χ0v) is 24.5. The van der Waals surface area contributed by atoms with E-state index in [2.05, 4.69) is 74.0 Å². The molecule has 5 aromatic rings. The van der Waals surface area contributed by atoms with Crippen molar-refractivity contribution in [3.63, 3.8) is 0 Å². The van der Waals surface area contributed by atoms with Gasteiger partial charge in [-0.25, -0.2) is 22.8 Å². The molecule has 3 N–H and O–H groups in total. The number of hydrogen-bond donors (Lipinski definition) is 3. The Morgan fingerprint density at radius 1 is 1.00 bits per heavy atom. The highest BCUT2D eigenvalue weighted by molar-refractivity contribution is 7.92. The molecule has 2 heterocycles. The number of fused-ring (bicyclic) bond motifs is 1. The quantitative estimate of drug-likeness (QED) is 0.186. The van der Waals surface area contributed by atoms with Gasteiger partial charge in [-0.05, 0) is 74.8 Å². The SMILES string of the molecule is COc1ccc(S(=O)(=O)Nc2ccc(Nc3cc(-c4ccc5c(ccn5CCN(C)C)c4)ncn3)cc2)cc1F.O=CO. The topological polar surface area (TPSA) is 139 Å². The number of likely N-dealkylation sites (N-methyl/N-ethyl adjacent to an activating group) is 1.